The van der Waals surface area contributed by atoms with Gasteiger partial charge in [0.25, 0.3) is 0 Å². The highest BCUT2D eigenvalue weighted by molar-refractivity contribution is 6.30. The summed E-state index contributed by atoms with van der Waals surface area (Å²) in [6.45, 7) is 4.12. The Hall–Kier alpha value is -2.67. The maximum absolute atomic E-state index is 13.4. The van der Waals surface area contributed by atoms with Gasteiger partial charge in [-0.25, -0.2) is 9.97 Å². The molecular formula is C20H22ClN5O2. The number of nitrogens with zero attached hydrogens (tertiary/aromatic N) is 4. The van der Waals surface area contributed by atoms with E-state index in [2.05, 4.69) is 20.2 Å². The smallest absolute Gasteiger partial charge is 0.239 e. The Labute approximate surface area is 168 Å². The van der Waals surface area contributed by atoms with Crippen molar-refractivity contribution in [3.05, 3.63) is 52.9 Å². The summed E-state index contributed by atoms with van der Waals surface area (Å²) in [5.41, 5.74) is 0.474. The highest BCUT2D eigenvalue weighted by atomic mass is 35.5. The maximum atomic E-state index is 13.4. The number of aryl methyl sites for hydroxylation is 1. The largest absolute Gasteiger partial charge is 0.354 e. The minimum absolute atomic E-state index is 0.0272. The van der Waals surface area contributed by atoms with Crippen molar-refractivity contribution in [3.8, 4) is 0 Å². The van der Waals surface area contributed by atoms with E-state index in [-0.39, 0.29) is 18.4 Å². The van der Waals surface area contributed by atoms with E-state index >= 15 is 0 Å². The first kappa shape index (κ1) is 18.7. The minimum Gasteiger partial charge on any atom is -0.354 e. The average Bonchev–Trinajstić information content (AvgIpc) is 2.65. The summed E-state index contributed by atoms with van der Waals surface area (Å²) in [7, 11) is 0. The Balaban J connectivity index is 1.57. The molecular weight excluding hydrogens is 378 g/mol. The number of hydrogen-bond donors (Lipinski definition) is 1. The predicted octanol–water partition coefficient (Wildman–Crippen LogP) is 1.45. The monoisotopic (exact) mass is 399 g/mol. The lowest BCUT2D eigenvalue weighted by molar-refractivity contribution is -0.148. The second-order valence-electron chi connectivity index (χ2n) is 7.48. The number of halogens is 1. The molecule has 1 aromatic carbocycles. The number of aromatic nitrogens is 2. The molecule has 1 N–H and O–H groups in total. The summed E-state index contributed by atoms with van der Waals surface area (Å²) in [6, 6.07) is 9.45. The van der Waals surface area contributed by atoms with E-state index < -0.39 is 5.41 Å². The summed E-state index contributed by atoms with van der Waals surface area (Å²) in [5, 5.41) is 3.45. The van der Waals surface area contributed by atoms with Crippen molar-refractivity contribution in [3.63, 3.8) is 0 Å². The summed E-state index contributed by atoms with van der Waals surface area (Å²) < 4.78 is 0. The fourth-order valence-corrected chi connectivity index (χ4v) is 4.06. The molecule has 0 spiro atoms. The summed E-state index contributed by atoms with van der Waals surface area (Å²) >= 11 is 6.01. The van der Waals surface area contributed by atoms with E-state index in [0.29, 0.717) is 43.4 Å². The quantitative estimate of drug-likeness (QED) is 0.841. The molecule has 0 atom stereocenters. The SMILES string of the molecule is Cc1nccc(N2CC(Cc3ccc(Cl)cc3)(C(=O)N3CCNC(=O)C3)C2)n1. The van der Waals surface area contributed by atoms with Gasteiger partial charge in [0.1, 0.15) is 11.6 Å². The molecule has 2 aromatic rings. The first-order chi connectivity index (χ1) is 13.4. The average molecular weight is 400 g/mol. The lowest BCUT2D eigenvalue weighted by Crippen LogP contribution is -2.67. The Bertz CT molecular complexity index is 896. The first-order valence-corrected chi connectivity index (χ1v) is 9.68. The molecule has 0 unspecified atom stereocenters. The number of piperazine rings is 1. The van der Waals surface area contributed by atoms with Crippen molar-refractivity contribution < 1.29 is 9.59 Å². The van der Waals surface area contributed by atoms with Crippen LogP contribution in [0.3, 0.4) is 0 Å². The van der Waals surface area contributed by atoms with Crippen molar-refractivity contribution >= 4 is 29.2 Å². The van der Waals surface area contributed by atoms with E-state index in [1.807, 2.05) is 37.3 Å². The van der Waals surface area contributed by atoms with Gasteiger partial charge >= 0.3 is 0 Å². The fraction of sp³-hybridized carbons (Fsp3) is 0.400. The summed E-state index contributed by atoms with van der Waals surface area (Å²) in [6.07, 6.45) is 2.33. The Morgan fingerprint density at radius 2 is 2.00 bits per heavy atom. The van der Waals surface area contributed by atoms with Crippen LogP contribution in [0.5, 0.6) is 0 Å². The minimum atomic E-state index is -0.579. The second-order valence-corrected chi connectivity index (χ2v) is 7.91. The lowest BCUT2D eigenvalue weighted by Gasteiger charge is -2.51. The van der Waals surface area contributed by atoms with Gasteiger partial charge in [-0.3, -0.25) is 9.59 Å². The van der Waals surface area contributed by atoms with E-state index in [1.165, 1.54) is 0 Å². The third kappa shape index (κ3) is 3.67. The Kier molecular flexibility index (Phi) is 4.93. The lowest BCUT2D eigenvalue weighted by atomic mass is 9.73. The molecule has 2 amide bonds. The topological polar surface area (TPSA) is 78.4 Å². The van der Waals surface area contributed by atoms with Crippen molar-refractivity contribution in [2.24, 2.45) is 5.41 Å². The number of amides is 2. The fourth-order valence-electron chi connectivity index (χ4n) is 3.93. The first-order valence-electron chi connectivity index (χ1n) is 9.30. The molecule has 4 rings (SSSR count). The van der Waals surface area contributed by atoms with Gasteiger partial charge in [-0.05, 0) is 37.1 Å². The van der Waals surface area contributed by atoms with Gasteiger partial charge in [0.15, 0.2) is 0 Å². The molecule has 146 valence electrons. The molecule has 1 aromatic heterocycles. The van der Waals surface area contributed by atoms with Crippen molar-refractivity contribution in [2.75, 3.05) is 37.6 Å². The van der Waals surface area contributed by atoms with Gasteiger partial charge in [0.2, 0.25) is 11.8 Å². The molecule has 2 saturated heterocycles. The molecule has 8 heteroatoms. The van der Waals surface area contributed by atoms with E-state index in [9.17, 15) is 9.59 Å². The molecule has 0 saturated carbocycles. The van der Waals surface area contributed by atoms with Crippen molar-refractivity contribution in [1.29, 1.82) is 0 Å². The van der Waals surface area contributed by atoms with Crippen LogP contribution in [-0.4, -0.2) is 59.4 Å². The molecule has 2 fully saturated rings. The number of hydrogen-bond acceptors (Lipinski definition) is 5. The van der Waals surface area contributed by atoms with Crippen LogP contribution < -0.4 is 10.2 Å². The van der Waals surface area contributed by atoms with Gasteiger partial charge in [0, 0.05) is 37.4 Å². The van der Waals surface area contributed by atoms with E-state index in [0.717, 1.165) is 11.4 Å². The molecule has 2 aliphatic rings. The molecule has 0 radical (unpaired) electrons. The third-order valence-electron chi connectivity index (χ3n) is 5.31. The molecule has 2 aliphatic heterocycles. The molecule has 0 aliphatic carbocycles. The molecule has 3 heterocycles. The zero-order valence-corrected chi connectivity index (χ0v) is 16.4. The van der Waals surface area contributed by atoms with Crippen LogP contribution in [0.25, 0.3) is 0 Å². The highest BCUT2D eigenvalue weighted by Gasteiger charge is 2.51. The van der Waals surface area contributed by atoms with Crippen LogP contribution in [0.4, 0.5) is 5.82 Å². The Morgan fingerprint density at radius 1 is 1.25 bits per heavy atom. The zero-order valence-electron chi connectivity index (χ0n) is 15.7. The highest BCUT2D eigenvalue weighted by Crippen LogP contribution is 2.39. The standard InChI is InChI=1S/C20H22ClN5O2/c1-14-22-7-6-17(24-14)26-12-20(13-26,10-15-2-4-16(21)5-3-15)19(28)25-9-8-23-18(27)11-25/h2-7H,8-13H2,1H3,(H,23,27). The zero-order chi connectivity index (χ0) is 19.7. The van der Waals surface area contributed by atoms with E-state index in [4.69, 9.17) is 11.6 Å². The number of carbonyl (C=O) groups is 2. The van der Waals surface area contributed by atoms with Crippen molar-refractivity contribution in [1.82, 2.24) is 20.2 Å². The normalized spacial score (nSPS) is 18.4. The number of benzene rings is 1. The predicted molar refractivity (Wildman–Crippen MR) is 106 cm³/mol. The van der Waals surface area contributed by atoms with Crippen LogP contribution in [0.2, 0.25) is 5.02 Å². The third-order valence-corrected chi connectivity index (χ3v) is 5.56. The van der Waals surface area contributed by atoms with Crippen LogP contribution in [0, 0.1) is 12.3 Å². The van der Waals surface area contributed by atoms with Crippen LogP contribution in [-0.2, 0) is 16.0 Å². The van der Waals surface area contributed by atoms with Crippen LogP contribution in [0.1, 0.15) is 11.4 Å². The Morgan fingerprint density at radius 3 is 2.68 bits per heavy atom. The number of carbonyl (C=O) groups excluding carboxylic acids is 2. The number of anilines is 1. The summed E-state index contributed by atoms with van der Waals surface area (Å²) in [4.78, 5) is 37.6. The summed E-state index contributed by atoms with van der Waals surface area (Å²) in [5.74, 6) is 1.44. The van der Waals surface area contributed by atoms with Gasteiger partial charge in [-0.1, -0.05) is 23.7 Å². The molecule has 28 heavy (non-hydrogen) atoms. The maximum Gasteiger partial charge on any atom is 0.239 e. The van der Waals surface area contributed by atoms with E-state index in [1.54, 1.807) is 11.1 Å². The molecule has 7 nitrogen and oxygen atoms in total. The number of rotatable bonds is 4. The second kappa shape index (κ2) is 7.39. The van der Waals surface area contributed by atoms with Crippen LogP contribution in [0.15, 0.2) is 36.5 Å². The number of nitrogens with one attached hydrogen (secondary N) is 1. The van der Waals surface area contributed by atoms with Crippen molar-refractivity contribution in [2.45, 2.75) is 13.3 Å². The molecule has 0 bridgehead atoms. The van der Waals surface area contributed by atoms with Gasteiger partial charge in [0.05, 0.1) is 12.0 Å². The van der Waals surface area contributed by atoms with Gasteiger partial charge in [-0.15, -0.1) is 0 Å². The van der Waals surface area contributed by atoms with Gasteiger partial charge < -0.3 is 15.1 Å². The van der Waals surface area contributed by atoms with Gasteiger partial charge in [-0.2, -0.15) is 0 Å². The van der Waals surface area contributed by atoms with Crippen LogP contribution >= 0.6 is 11.6 Å².